The van der Waals surface area contributed by atoms with Gasteiger partial charge in [0.15, 0.2) is 0 Å². The summed E-state index contributed by atoms with van der Waals surface area (Å²) in [6.07, 6.45) is 4.65. The standard InChI is InChI=1S/C15H28O4/c1-5-12(4)18-14(16)10-8-9-11-15(17)19-13(6-2)7-3/h12-13H,5-11H2,1-4H3. The Morgan fingerprint density at radius 3 is 1.74 bits per heavy atom. The van der Waals surface area contributed by atoms with E-state index in [1.165, 1.54) is 0 Å². The zero-order chi connectivity index (χ0) is 14.7. The van der Waals surface area contributed by atoms with Crippen molar-refractivity contribution in [3.8, 4) is 0 Å². The van der Waals surface area contributed by atoms with E-state index in [0.29, 0.717) is 25.7 Å². The smallest absolute Gasteiger partial charge is 0.306 e. The van der Waals surface area contributed by atoms with Gasteiger partial charge in [0.25, 0.3) is 0 Å². The molecule has 0 aliphatic rings. The molecule has 4 heteroatoms. The van der Waals surface area contributed by atoms with Gasteiger partial charge in [-0.3, -0.25) is 9.59 Å². The van der Waals surface area contributed by atoms with Crippen molar-refractivity contribution in [1.29, 1.82) is 0 Å². The van der Waals surface area contributed by atoms with Gasteiger partial charge in [-0.2, -0.15) is 0 Å². The molecule has 0 N–H and O–H groups in total. The van der Waals surface area contributed by atoms with E-state index in [-0.39, 0.29) is 24.1 Å². The van der Waals surface area contributed by atoms with Crippen molar-refractivity contribution < 1.29 is 19.1 Å². The summed E-state index contributed by atoms with van der Waals surface area (Å²) in [7, 11) is 0. The topological polar surface area (TPSA) is 52.6 Å². The Morgan fingerprint density at radius 1 is 0.842 bits per heavy atom. The van der Waals surface area contributed by atoms with E-state index in [2.05, 4.69) is 0 Å². The van der Waals surface area contributed by atoms with Crippen LogP contribution in [0.15, 0.2) is 0 Å². The van der Waals surface area contributed by atoms with Crippen LogP contribution in [0, 0.1) is 0 Å². The monoisotopic (exact) mass is 272 g/mol. The minimum atomic E-state index is -0.178. The molecule has 0 fully saturated rings. The van der Waals surface area contributed by atoms with Crippen LogP contribution < -0.4 is 0 Å². The van der Waals surface area contributed by atoms with Gasteiger partial charge in [-0.25, -0.2) is 0 Å². The van der Waals surface area contributed by atoms with Crippen molar-refractivity contribution in [3.63, 3.8) is 0 Å². The number of esters is 2. The molecule has 0 saturated carbocycles. The first-order valence-corrected chi connectivity index (χ1v) is 7.42. The Hall–Kier alpha value is -1.06. The molecular weight excluding hydrogens is 244 g/mol. The highest BCUT2D eigenvalue weighted by atomic mass is 16.5. The maximum absolute atomic E-state index is 11.5. The van der Waals surface area contributed by atoms with Gasteiger partial charge in [-0.05, 0) is 39.0 Å². The number of carbonyl (C=O) groups is 2. The number of carbonyl (C=O) groups excluding carboxylic acids is 2. The van der Waals surface area contributed by atoms with Crippen LogP contribution in [0.2, 0.25) is 0 Å². The third-order valence-electron chi connectivity index (χ3n) is 3.13. The lowest BCUT2D eigenvalue weighted by molar-refractivity contribution is -0.151. The van der Waals surface area contributed by atoms with E-state index >= 15 is 0 Å². The summed E-state index contributed by atoms with van der Waals surface area (Å²) in [5, 5.41) is 0. The Balaban J connectivity index is 3.63. The van der Waals surface area contributed by atoms with Crippen molar-refractivity contribution in [1.82, 2.24) is 0 Å². The normalized spacial score (nSPS) is 12.3. The third-order valence-corrected chi connectivity index (χ3v) is 3.13. The molecule has 4 nitrogen and oxygen atoms in total. The maximum atomic E-state index is 11.5. The molecular formula is C15H28O4. The van der Waals surface area contributed by atoms with Gasteiger partial charge in [0.1, 0.15) is 6.10 Å². The predicted octanol–water partition coefficient (Wildman–Crippen LogP) is 3.62. The van der Waals surface area contributed by atoms with E-state index in [4.69, 9.17) is 9.47 Å². The van der Waals surface area contributed by atoms with E-state index in [0.717, 1.165) is 19.3 Å². The van der Waals surface area contributed by atoms with Gasteiger partial charge in [0, 0.05) is 12.8 Å². The minimum Gasteiger partial charge on any atom is -0.463 e. The maximum Gasteiger partial charge on any atom is 0.306 e. The molecule has 0 spiro atoms. The second-order valence-electron chi connectivity index (χ2n) is 4.84. The molecule has 0 radical (unpaired) electrons. The summed E-state index contributed by atoms with van der Waals surface area (Å²) in [6, 6.07) is 0. The van der Waals surface area contributed by atoms with Crippen LogP contribution in [0.25, 0.3) is 0 Å². The largest absolute Gasteiger partial charge is 0.463 e. The highest BCUT2D eigenvalue weighted by molar-refractivity contribution is 5.70. The van der Waals surface area contributed by atoms with E-state index in [1.807, 2.05) is 27.7 Å². The van der Waals surface area contributed by atoms with Crippen LogP contribution in [-0.2, 0) is 19.1 Å². The van der Waals surface area contributed by atoms with Crippen LogP contribution in [0.5, 0.6) is 0 Å². The summed E-state index contributed by atoms with van der Waals surface area (Å²) in [5.41, 5.74) is 0. The third kappa shape index (κ3) is 9.51. The predicted molar refractivity (Wildman–Crippen MR) is 74.8 cm³/mol. The van der Waals surface area contributed by atoms with E-state index in [9.17, 15) is 9.59 Å². The van der Waals surface area contributed by atoms with Crippen LogP contribution in [-0.4, -0.2) is 24.1 Å². The molecule has 1 unspecified atom stereocenters. The lowest BCUT2D eigenvalue weighted by Gasteiger charge is -2.13. The van der Waals surface area contributed by atoms with Gasteiger partial charge in [0.2, 0.25) is 0 Å². The molecule has 0 bridgehead atoms. The lowest BCUT2D eigenvalue weighted by atomic mass is 10.2. The first-order chi connectivity index (χ1) is 9.03. The molecule has 0 rings (SSSR count). The van der Waals surface area contributed by atoms with Gasteiger partial charge in [-0.15, -0.1) is 0 Å². The van der Waals surface area contributed by atoms with Crippen LogP contribution in [0.3, 0.4) is 0 Å². The molecule has 1 atom stereocenters. The Bertz CT molecular complexity index is 259. The van der Waals surface area contributed by atoms with Crippen molar-refractivity contribution in [2.45, 2.75) is 84.8 Å². The second-order valence-corrected chi connectivity index (χ2v) is 4.84. The van der Waals surface area contributed by atoms with E-state index < -0.39 is 0 Å². The summed E-state index contributed by atoms with van der Waals surface area (Å²) in [6.45, 7) is 7.87. The molecule has 0 aromatic carbocycles. The number of hydrogen-bond donors (Lipinski definition) is 0. The molecule has 19 heavy (non-hydrogen) atoms. The van der Waals surface area contributed by atoms with Gasteiger partial charge in [-0.1, -0.05) is 20.8 Å². The summed E-state index contributed by atoms with van der Waals surface area (Å²) >= 11 is 0. The molecule has 0 aromatic rings. The fourth-order valence-corrected chi connectivity index (χ4v) is 1.61. The first-order valence-electron chi connectivity index (χ1n) is 7.42. The zero-order valence-corrected chi connectivity index (χ0v) is 12.7. The Morgan fingerprint density at radius 2 is 1.32 bits per heavy atom. The molecule has 0 amide bonds. The molecule has 0 aliphatic heterocycles. The van der Waals surface area contributed by atoms with Crippen LogP contribution in [0.4, 0.5) is 0 Å². The molecule has 0 heterocycles. The average molecular weight is 272 g/mol. The second kappa shape index (κ2) is 10.8. The number of hydrogen-bond acceptors (Lipinski definition) is 4. The molecule has 0 aliphatic carbocycles. The minimum absolute atomic E-state index is 0.0210. The highest BCUT2D eigenvalue weighted by Crippen LogP contribution is 2.08. The Labute approximate surface area is 116 Å². The summed E-state index contributed by atoms with van der Waals surface area (Å²) < 4.78 is 10.4. The van der Waals surface area contributed by atoms with Crippen molar-refractivity contribution in [3.05, 3.63) is 0 Å². The lowest BCUT2D eigenvalue weighted by Crippen LogP contribution is -2.16. The first kappa shape index (κ1) is 17.9. The quantitative estimate of drug-likeness (QED) is 0.450. The van der Waals surface area contributed by atoms with Crippen molar-refractivity contribution >= 4 is 11.9 Å². The Kier molecular flexibility index (Phi) is 10.2. The fourth-order valence-electron chi connectivity index (χ4n) is 1.61. The number of ether oxygens (including phenoxy) is 2. The number of unbranched alkanes of at least 4 members (excludes halogenated alkanes) is 1. The van der Waals surface area contributed by atoms with Gasteiger partial charge in [0.05, 0.1) is 6.10 Å². The zero-order valence-electron chi connectivity index (χ0n) is 12.7. The summed E-state index contributed by atoms with van der Waals surface area (Å²) in [4.78, 5) is 22.9. The SMILES string of the molecule is CCC(C)OC(=O)CCCCC(=O)OC(CC)CC. The van der Waals surface area contributed by atoms with Gasteiger partial charge < -0.3 is 9.47 Å². The van der Waals surface area contributed by atoms with E-state index in [1.54, 1.807) is 0 Å². The number of rotatable bonds is 10. The summed E-state index contributed by atoms with van der Waals surface area (Å²) in [5.74, 6) is -0.341. The van der Waals surface area contributed by atoms with Crippen molar-refractivity contribution in [2.75, 3.05) is 0 Å². The van der Waals surface area contributed by atoms with Crippen LogP contribution in [0.1, 0.15) is 72.6 Å². The highest BCUT2D eigenvalue weighted by Gasteiger charge is 2.11. The molecule has 0 saturated heterocycles. The van der Waals surface area contributed by atoms with Crippen LogP contribution >= 0.6 is 0 Å². The average Bonchev–Trinajstić information content (AvgIpc) is 2.40. The fraction of sp³-hybridized carbons (Fsp3) is 0.867. The molecule has 0 aromatic heterocycles. The van der Waals surface area contributed by atoms with Crippen molar-refractivity contribution in [2.24, 2.45) is 0 Å². The molecule has 112 valence electrons. The van der Waals surface area contributed by atoms with Gasteiger partial charge >= 0.3 is 11.9 Å².